The topological polar surface area (TPSA) is 145 Å². The first kappa shape index (κ1) is 24.2. The number of non-ortho nitro benzene ring substituents is 1. The molecule has 11 nitrogen and oxygen atoms in total. The Morgan fingerprint density at radius 3 is 2.19 bits per heavy atom. The van der Waals surface area contributed by atoms with Gasteiger partial charge in [-0.3, -0.25) is 24.5 Å². The van der Waals surface area contributed by atoms with Crippen LogP contribution in [0.25, 0.3) is 0 Å². The molecule has 192 valence electrons. The summed E-state index contributed by atoms with van der Waals surface area (Å²) < 4.78 is 10.4. The monoisotopic (exact) mass is 499 g/mol. The van der Waals surface area contributed by atoms with Crippen molar-refractivity contribution in [1.29, 1.82) is 0 Å². The Bertz CT molecular complexity index is 1140. The average Bonchev–Trinajstić information content (AvgIpc) is 2.99. The first-order valence-electron chi connectivity index (χ1n) is 12.2. The summed E-state index contributed by atoms with van der Waals surface area (Å²) in [5.74, 6) is -0.887. The molecule has 5 fully saturated rings. The van der Waals surface area contributed by atoms with Crippen molar-refractivity contribution < 1.29 is 33.6 Å². The molecule has 1 unspecified atom stereocenters. The van der Waals surface area contributed by atoms with Crippen molar-refractivity contribution in [2.24, 2.45) is 23.2 Å². The predicted octanol–water partition coefficient (Wildman–Crippen LogP) is 3.45. The second kappa shape index (κ2) is 8.28. The van der Waals surface area contributed by atoms with E-state index in [1.807, 2.05) is 0 Å². The zero-order chi connectivity index (χ0) is 26.0. The zero-order valence-electron chi connectivity index (χ0n) is 20.4. The predicted molar refractivity (Wildman–Crippen MR) is 125 cm³/mol. The summed E-state index contributed by atoms with van der Waals surface area (Å²) in [6.07, 6.45) is 4.01. The van der Waals surface area contributed by atoms with Crippen LogP contribution in [-0.2, 0) is 19.1 Å². The number of Topliss-reactive ketones (excluding diaryl/α,β-unsaturated/α-hetero) is 1. The van der Waals surface area contributed by atoms with E-state index in [0.717, 1.165) is 25.3 Å². The van der Waals surface area contributed by atoms with Crippen LogP contribution in [0.3, 0.4) is 0 Å². The van der Waals surface area contributed by atoms with Gasteiger partial charge in [0.2, 0.25) is 0 Å². The number of anilines is 1. The summed E-state index contributed by atoms with van der Waals surface area (Å²) in [6.45, 7) is 2.81. The van der Waals surface area contributed by atoms with Gasteiger partial charge in [-0.05, 0) is 76.2 Å². The second-order valence-electron chi connectivity index (χ2n) is 11.1. The van der Waals surface area contributed by atoms with Crippen LogP contribution in [0.5, 0.6) is 5.75 Å². The maximum atomic E-state index is 14.2. The van der Waals surface area contributed by atoms with Gasteiger partial charge in [0.1, 0.15) is 5.75 Å². The van der Waals surface area contributed by atoms with Gasteiger partial charge < -0.3 is 14.8 Å². The van der Waals surface area contributed by atoms with Gasteiger partial charge in [0, 0.05) is 17.5 Å². The number of hydrogen-bond donors (Lipinski definition) is 1. The molecule has 0 aromatic heterocycles. The average molecular weight is 500 g/mol. The fourth-order valence-corrected chi connectivity index (χ4v) is 7.07. The van der Waals surface area contributed by atoms with E-state index in [4.69, 9.17) is 9.47 Å². The number of nitrogens with one attached hydrogen (secondary N) is 1. The Morgan fingerprint density at radius 1 is 1.14 bits per heavy atom. The van der Waals surface area contributed by atoms with Crippen LogP contribution in [-0.4, -0.2) is 52.3 Å². The SMILES string of the molecule is COc1ccc([N+](=O)[O-])cc1NC(=O)C(C(=O)C12CC3CC(CC(C3)C1)C2)N1C(=O)OC(C)(C)C1=O. The third-order valence-electron chi connectivity index (χ3n) is 8.24. The Kier molecular flexibility index (Phi) is 5.57. The number of carbonyl (C=O) groups excluding carboxylic acids is 4. The molecule has 1 aromatic rings. The van der Waals surface area contributed by atoms with Crippen molar-refractivity contribution in [2.45, 2.75) is 64.0 Å². The summed E-state index contributed by atoms with van der Waals surface area (Å²) >= 11 is 0. The third kappa shape index (κ3) is 3.81. The number of methoxy groups -OCH3 is 1. The standard InChI is InChI=1S/C25H29N3O8/c1-24(2)22(31)27(23(32)36-24)19(20(29)25-10-13-6-14(11-25)8-15(7-13)12-25)21(30)26-17-9-16(28(33)34)4-5-18(17)35-3/h4-5,9,13-15,19H,6-8,10-12H2,1-3H3,(H,26,30). The Hall–Kier alpha value is -3.50. The quantitative estimate of drug-likeness (QED) is 0.341. The molecule has 0 spiro atoms. The van der Waals surface area contributed by atoms with Gasteiger partial charge in [-0.25, -0.2) is 9.69 Å². The molecule has 1 atom stereocenters. The van der Waals surface area contributed by atoms with E-state index in [2.05, 4.69) is 5.32 Å². The highest BCUT2D eigenvalue weighted by molar-refractivity contribution is 6.19. The van der Waals surface area contributed by atoms with Crippen molar-refractivity contribution >= 4 is 35.1 Å². The number of nitrogens with zero attached hydrogens (tertiary/aromatic N) is 2. The number of imide groups is 1. The number of nitro groups is 1. The number of ether oxygens (including phenoxy) is 2. The molecule has 4 aliphatic carbocycles. The molecule has 1 heterocycles. The smallest absolute Gasteiger partial charge is 0.418 e. The lowest BCUT2D eigenvalue weighted by molar-refractivity contribution is -0.384. The number of benzene rings is 1. The largest absolute Gasteiger partial charge is 0.495 e. The third-order valence-corrected chi connectivity index (χ3v) is 8.24. The van der Waals surface area contributed by atoms with Gasteiger partial charge in [0.05, 0.1) is 17.7 Å². The van der Waals surface area contributed by atoms with Gasteiger partial charge in [-0.2, -0.15) is 0 Å². The van der Waals surface area contributed by atoms with Crippen LogP contribution < -0.4 is 10.1 Å². The lowest BCUT2D eigenvalue weighted by atomic mass is 9.48. The maximum Gasteiger partial charge on any atom is 0.418 e. The summed E-state index contributed by atoms with van der Waals surface area (Å²) in [4.78, 5) is 65.3. The van der Waals surface area contributed by atoms with E-state index in [1.54, 1.807) is 0 Å². The molecule has 1 saturated heterocycles. The van der Waals surface area contributed by atoms with E-state index < -0.39 is 45.7 Å². The van der Waals surface area contributed by atoms with Crippen LogP contribution in [0.1, 0.15) is 52.4 Å². The fourth-order valence-electron chi connectivity index (χ4n) is 7.07. The number of hydrogen-bond acceptors (Lipinski definition) is 8. The van der Waals surface area contributed by atoms with Crippen molar-refractivity contribution in [2.75, 3.05) is 12.4 Å². The first-order valence-corrected chi connectivity index (χ1v) is 12.2. The highest BCUT2D eigenvalue weighted by atomic mass is 16.6. The van der Waals surface area contributed by atoms with Crippen molar-refractivity contribution in [3.8, 4) is 5.75 Å². The fraction of sp³-hybridized carbons (Fsp3) is 0.600. The highest BCUT2D eigenvalue weighted by Crippen LogP contribution is 2.61. The van der Waals surface area contributed by atoms with Crippen LogP contribution in [0, 0.1) is 33.3 Å². The molecule has 1 aromatic carbocycles. The van der Waals surface area contributed by atoms with Crippen molar-refractivity contribution in [3.05, 3.63) is 28.3 Å². The van der Waals surface area contributed by atoms with E-state index in [1.165, 1.54) is 33.1 Å². The molecule has 6 rings (SSSR count). The van der Waals surface area contributed by atoms with Gasteiger partial charge in [0.15, 0.2) is 17.4 Å². The van der Waals surface area contributed by atoms with Gasteiger partial charge in [0.25, 0.3) is 17.5 Å². The Morgan fingerprint density at radius 2 is 1.72 bits per heavy atom. The summed E-state index contributed by atoms with van der Waals surface area (Å²) in [5, 5.41) is 13.8. The van der Waals surface area contributed by atoms with E-state index in [0.29, 0.717) is 41.9 Å². The number of amides is 3. The molecule has 0 radical (unpaired) electrons. The van der Waals surface area contributed by atoms with Gasteiger partial charge >= 0.3 is 6.09 Å². The number of rotatable bonds is 7. The number of nitro benzene ring substituents is 1. The molecular weight excluding hydrogens is 470 g/mol. The maximum absolute atomic E-state index is 14.2. The van der Waals surface area contributed by atoms with Crippen molar-refractivity contribution in [3.63, 3.8) is 0 Å². The van der Waals surface area contributed by atoms with Crippen LogP contribution in [0.4, 0.5) is 16.2 Å². The number of cyclic esters (lactones) is 1. The number of carbonyl (C=O) groups is 4. The summed E-state index contributed by atoms with van der Waals surface area (Å²) in [6, 6.07) is 1.89. The van der Waals surface area contributed by atoms with Gasteiger partial charge in [-0.15, -0.1) is 0 Å². The molecular formula is C25H29N3O8. The molecule has 1 N–H and O–H groups in total. The lowest BCUT2D eigenvalue weighted by Crippen LogP contribution is -2.60. The molecule has 11 heteroatoms. The molecule has 4 bridgehead atoms. The minimum atomic E-state index is -1.76. The van der Waals surface area contributed by atoms with Gasteiger partial charge in [-0.1, -0.05) is 0 Å². The Balaban J connectivity index is 1.53. The molecule has 4 saturated carbocycles. The zero-order valence-corrected chi connectivity index (χ0v) is 20.4. The highest BCUT2D eigenvalue weighted by Gasteiger charge is 2.61. The molecule has 3 amide bonds. The molecule has 36 heavy (non-hydrogen) atoms. The minimum absolute atomic E-state index is 0.0423. The first-order chi connectivity index (χ1) is 16.9. The Labute approximate surface area is 207 Å². The second-order valence-corrected chi connectivity index (χ2v) is 11.1. The summed E-state index contributed by atoms with van der Waals surface area (Å²) in [7, 11) is 1.33. The molecule has 5 aliphatic rings. The van der Waals surface area contributed by atoms with Crippen LogP contribution >= 0.6 is 0 Å². The summed E-state index contributed by atoms with van der Waals surface area (Å²) in [5.41, 5.74) is -2.66. The van der Waals surface area contributed by atoms with Crippen LogP contribution in [0.2, 0.25) is 0 Å². The van der Waals surface area contributed by atoms with E-state index in [9.17, 15) is 29.3 Å². The molecule has 1 aliphatic heterocycles. The lowest BCUT2D eigenvalue weighted by Gasteiger charge is -2.56. The van der Waals surface area contributed by atoms with Crippen molar-refractivity contribution in [1.82, 2.24) is 4.90 Å². The number of ketones is 1. The minimum Gasteiger partial charge on any atom is -0.495 e. The van der Waals surface area contributed by atoms with E-state index in [-0.39, 0.29) is 17.1 Å². The van der Waals surface area contributed by atoms with E-state index >= 15 is 0 Å². The van der Waals surface area contributed by atoms with Crippen LogP contribution in [0.15, 0.2) is 18.2 Å². The normalized spacial score (nSPS) is 30.6.